The molecule has 2 rings (SSSR count). The minimum atomic E-state index is -4.50. The standard InChI is InChI=1S/C10H8F3N5/c11-10(12,13)9-4-15-8(3-16-9)7-1-6(2-14)17-5-18-7/h1,3-5H,2,14H2. The molecule has 0 spiro atoms. The summed E-state index contributed by atoms with van der Waals surface area (Å²) in [5.74, 6) is 0. The van der Waals surface area contributed by atoms with Crippen molar-refractivity contribution in [1.29, 1.82) is 0 Å². The van der Waals surface area contributed by atoms with E-state index in [1.807, 2.05) is 0 Å². The molecule has 0 atom stereocenters. The molecule has 2 heterocycles. The average molecular weight is 255 g/mol. The molecule has 5 nitrogen and oxygen atoms in total. The minimum absolute atomic E-state index is 0.212. The van der Waals surface area contributed by atoms with Crippen LogP contribution in [0.4, 0.5) is 13.2 Å². The van der Waals surface area contributed by atoms with Crippen molar-refractivity contribution in [3.05, 3.63) is 36.2 Å². The first-order valence-corrected chi connectivity index (χ1v) is 4.91. The van der Waals surface area contributed by atoms with E-state index in [9.17, 15) is 13.2 Å². The molecule has 2 aromatic rings. The molecule has 0 saturated carbocycles. The smallest absolute Gasteiger partial charge is 0.325 e. The summed E-state index contributed by atoms with van der Waals surface area (Å²) in [6.45, 7) is 0.212. The monoisotopic (exact) mass is 255 g/mol. The van der Waals surface area contributed by atoms with E-state index in [1.54, 1.807) is 6.07 Å². The second-order valence-corrected chi connectivity index (χ2v) is 3.38. The second kappa shape index (κ2) is 4.65. The Morgan fingerprint density at radius 2 is 1.78 bits per heavy atom. The Kier molecular flexibility index (Phi) is 3.19. The first-order valence-electron chi connectivity index (χ1n) is 4.91. The Balaban J connectivity index is 2.34. The highest BCUT2D eigenvalue weighted by molar-refractivity contribution is 5.52. The van der Waals surface area contributed by atoms with Crippen LogP contribution in [0.15, 0.2) is 24.8 Å². The molecule has 0 saturated heterocycles. The van der Waals surface area contributed by atoms with Crippen LogP contribution in [-0.2, 0) is 12.7 Å². The number of nitrogens with two attached hydrogens (primary N) is 1. The Labute approximate surface area is 99.9 Å². The maximum absolute atomic E-state index is 12.3. The Morgan fingerprint density at radius 1 is 1.00 bits per heavy atom. The van der Waals surface area contributed by atoms with Crippen molar-refractivity contribution in [1.82, 2.24) is 19.9 Å². The fourth-order valence-electron chi connectivity index (χ4n) is 1.26. The summed E-state index contributed by atoms with van der Waals surface area (Å²) in [6.07, 6.45) is -1.54. The van der Waals surface area contributed by atoms with Gasteiger partial charge in [0, 0.05) is 6.54 Å². The largest absolute Gasteiger partial charge is 0.434 e. The molecule has 0 aliphatic heterocycles. The van der Waals surface area contributed by atoms with Crippen LogP contribution >= 0.6 is 0 Å². The molecular weight excluding hydrogens is 247 g/mol. The topological polar surface area (TPSA) is 77.6 Å². The molecule has 94 valence electrons. The van der Waals surface area contributed by atoms with Gasteiger partial charge in [0.05, 0.1) is 23.8 Å². The summed E-state index contributed by atoms with van der Waals surface area (Å²) in [5.41, 5.74) is 5.55. The summed E-state index contributed by atoms with van der Waals surface area (Å²) in [5, 5.41) is 0. The maximum Gasteiger partial charge on any atom is 0.434 e. The zero-order valence-corrected chi connectivity index (χ0v) is 9.02. The molecule has 0 aliphatic carbocycles. The molecule has 18 heavy (non-hydrogen) atoms. The van der Waals surface area contributed by atoms with Crippen LogP contribution in [0.1, 0.15) is 11.4 Å². The third kappa shape index (κ3) is 2.59. The lowest BCUT2D eigenvalue weighted by molar-refractivity contribution is -0.141. The Morgan fingerprint density at radius 3 is 2.33 bits per heavy atom. The number of rotatable bonds is 2. The van der Waals surface area contributed by atoms with Gasteiger partial charge in [0.25, 0.3) is 0 Å². The van der Waals surface area contributed by atoms with Gasteiger partial charge in [0.1, 0.15) is 12.0 Å². The van der Waals surface area contributed by atoms with Crippen molar-refractivity contribution in [2.24, 2.45) is 5.73 Å². The van der Waals surface area contributed by atoms with E-state index >= 15 is 0 Å². The van der Waals surface area contributed by atoms with E-state index < -0.39 is 11.9 Å². The molecule has 0 amide bonds. The van der Waals surface area contributed by atoms with Crippen molar-refractivity contribution in [2.45, 2.75) is 12.7 Å². The Hall–Kier alpha value is -2.09. The summed E-state index contributed by atoms with van der Waals surface area (Å²) in [4.78, 5) is 14.8. The summed E-state index contributed by atoms with van der Waals surface area (Å²) in [7, 11) is 0. The molecule has 2 N–H and O–H groups in total. The number of aromatic nitrogens is 4. The van der Waals surface area contributed by atoms with Crippen molar-refractivity contribution >= 4 is 0 Å². The lowest BCUT2D eigenvalue weighted by atomic mass is 10.2. The van der Waals surface area contributed by atoms with E-state index in [1.165, 1.54) is 6.33 Å². The van der Waals surface area contributed by atoms with Crippen LogP contribution in [-0.4, -0.2) is 19.9 Å². The predicted molar refractivity (Wildman–Crippen MR) is 56.0 cm³/mol. The summed E-state index contributed by atoms with van der Waals surface area (Å²) >= 11 is 0. The van der Waals surface area contributed by atoms with Crippen molar-refractivity contribution < 1.29 is 13.2 Å². The van der Waals surface area contributed by atoms with Gasteiger partial charge in [-0.25, -0.2) is 15.0 Å². The minimum Gasteiger partial charge on any atom is -0.325 e. The van der Waals surface area contributed by atoms with Gasteiger partial charge in [-0.05, 0) is 6.07 Å². The summed E-state index contributed by atoms with van der Waals surface area (Å²) < 4.78 is 36.9. The third-order valence-corrected chi connectivity index (χ3v) is 2.14. The fourth-order valence-corrected chi connectivity index (χ4v) is 1.26. The van der Waals surface area contributed by atoms with Gasteiger partial charge >= 0.3 is 6.18 Å². The quantitative estimate of drug-likeness (QED) is 0.877. The van der Waals surface area contributed by atoms with Crippen LogP contribution in [0, 0.1) is 0 Å². The van der Waals surface area contributed by atoms with E-state index in [0.717, 1.165) is 6.20 Å². The zero-order chi connectivity index (χ0) is 13.2. The van der Waals surface area contributed by atoms with E-state index in [4.69, 9.17) is 5.73 Å². The molecule has 0 aliphatic rings. The Bertz CT molecular complexity index is 538. The van der Waals surface area contributed by atoms with Gasteiger partial charge in [0.15, 0.2) is 5.69 Å². The van der Waals surface area contributed by atoms with Crippen LogP contribution in [0.3, 0.4) is 0 Å². The van der Waals surface area contributed by atoms with E-state index in [0.29, 0.717) is 17.6 Å². The third-order valence-electron chi connectivity index (χ3n) is 2.14. The molecule has 0 fully saturated rings. The highest BCUT2D eigenvalue weighted by atomic mass is 19.4. The first kappa shape index (κ1) is 12.4. The molecule has 0 radical (unpaired) electrons. The fraction of sp³-hybridized carbons (Fsp3) is 0.200. The lowest BCUT2D eigenvalue weighted by Gasteiger charge is -2.05. The number of alkyl halides is 3. The second-order valence-electron chi connectivity index (χ2n) is 3.38. The van der Waals surface area contributed by atoms with Crippen LogP contribution in [0.25, 0.3) is 11.4 Å². The number of hydrogen-bond donors (Lipinski definition) is 1. The first-order chi connectivity index (χ1) is 8.50. The van der Waals surface area contributed by atoms with Gasteiger partial charge in [0.2, 0.25) is 0 Å². The van der Waals surface area contributed by atoms with Gasteiger partial charge in [-0.3, -0.25) is 4.98 Å². The van der Waals surface area contributed by atoms with Crippen molar-refractivity contribution in [3.63, 3.8) is 0 Å². The molecule has 0 unspecified atom stereocenters. The molecule has 0 bridgehead atoms. The van der Waals surface area contributed by atoms with Crippen LogP contribution in [0.5, 0.6) is 0 Å². The van der Waals surface area contributed by atoms with Gasteiger partial charge in [-0.2, -0.15) is 13.2 Å². The van der Waals surface area contributed by atoms with Gasteiger partial charge in [-0.15, -0.1) is 0 Å². The summed E-state index contributed by atoms with van der Waals surface area (Å²) in [6, 6.07) is 1.55. The molecule has 2 aromatic heterocycles. The molecule has 8 heteroatoms. The zero-order valence-electron chi connectivity index (χ0n) is 9.02. The SMILES string of the molecule is NCc1cc(-c2cnc(C(F)(F)F)cn2)ncn1. The molecular formula is C10H8F3N5. The average Bonchev–Trinajstić information content (AvgIpc) is 2.38. The van der Waals surface area contributed by atoms with Crippen molar-refractivity contribution in [2.75, 3.05) is 0 Å². The number of hydrogen-bond acceptors (Lipinski definition) is 5. The van der Waals surface area contributed by atoms with Crippen LogP contribution < -0.4 is 5.73 Å². The van der Waals surface area contributed by atoms with Gasteiger partial charge < -0.3 is 5.73 Å². The van der Waals surface area contributed by atoms with Crippen molar-refractivity contribution in [3.8, 4) is 11.4 Å². The number of halogens is 3. The van der Waals surface area contributed by atoms with Gasteiger partial charge in [-0.1, -0.05) is 0 Å². The predicted octanol–water partition coefficient (Wildman–Crippen LogP) is 1.41. The number of nitrogens with zero attached hydrogens (tertiary/aromatic N) is 4. The lowest BCUT2D eigenvalue weighted by Crippen LogP contribution is -2.08. The van der Waals surface area contributed by atoms with Crippen LogP contribution in [0.2, 0.25) is 0 Å². The van der Waals surface area contributed by atoms with E-state index in [-0.39, 0.29) is 12.2 Å². The van der Waals surface area contributed by atoms with E-state index in [2.05, 4.69) is 19.9 Å². The molecule has 0 aromatic carbocycles. The highest BCUT2D eigenvalue weighted by Gasteiger charge is 2.32. The maximum atomic E-state index is 12.3. The highest BCUT2D eigenvalue weighted by Crippen LogP contribution is 2.27. The normalized spacial score (nSPS) is 11.6.